The van der Waals surface area contributed by atoms with Crippen molar-refractivity contribution in [2.24, 2.45) is 0 Å². The Labute approximate surface area is 164 Å². The van der Waals surface area contributed by atoms with Crippen LogP contribution in [0.5, 0.6) is 0 Å². The van der Waals surface area contributed by atoms with Crippen LogP contribution in [0.1, 0.15) is 5.56 Å². The van der Waals surface area contributed by atoms with Gasteiger partial charge in [0.25, 0.3) is 0 Å². The molecule has 2 heterocycles. The molecule has 0 unspecified atom stereocenters. The summed E-state index contributed by atoms with van der Waals surface area (Å²) in [7, 11) is 0. The van der Waals surface area contributed by atoms with Crippen LogP contribution in [0.4, 0.5) is 0 Å². The predicted octanol–water partition coefficient (Wildman–Crippen LogP) is 5.69. The number of rotatable bonds is 4. The van der Waals surface area contributed by atoms with Gasteiger partial charge in [0.15, 0.2) is 11.5 Å². The standard InChI is InChI=1S/C19H12Cl3N3O/c20-14-6-3-12(4-7-14)19-24-18-17(2-1-9-23-18)25(19)26-11-13-5-8-15(21)10-16(13)22/h1-10H,11H2. The van der Waals surface area contributed by atoms with Crippen LogP contribution in [-0.2, 0) is 6.61 Å². The van der Waals surface area contributed by atoms with Gasteiger partial charge in [0.05, 0.1) is 0 Å². The number of hydrogen-bond acceptors (Lipinski definition) is 3. The van der Waals surface area contributed by atoms with E-state index in [1.165, 1.54) is 0 Å². The van der Waals surface area contributed by atoms with Gasteiger partial charge in [-0.05, 0) is 48.5 Å². The molecule has 0 aliphatic carbocycles. The molecule has 26 heavy (non-hydrogen) atoms. The van der Waals surface area contributed by atoms with E-state index in [4.69, 9.17) is 39.6 Å². The molecule has 0 fully saturated rings. The molecule has 0 saturated carbocycles. The minimum absolute atomic E-state index is 0.261. The molecule has 2 aromatic carbocycles. The normalized spacial score (nSPS) is 11.0. The van der Waals surface area contributed by atoms with E-state index >= 15 is 0 Å². The molecule has 0 aliphatic heterocycles. The summed E-state index contributed by atoms with van der Waals surface area (Å²) in [5.74, 6) is 0.639. The summed E-state index contributed by atoms with van der Waals surface area (Å²) in [6.07, 6.45) is 1.70. The zero-order valence-corrected chi connectivity index (χ0v) is 15.6. The first-order chi connectivity index (χ1) is 12.6. The van der Waals surface area contributed by atoms with Gasteiger partial charge in [0.2, 0.25) is 0 Å². The number of hydrogen-bond donors (Lipinski definition) is 0. The monoisotopic (exact) mass is 403 g/mol. The average molecular weight is 405 g/mol. The summed E-state index contributed by atoms with van der Waals surface area (Å²) < 4.78 is 1.66. The highest BCUT2D eigenvalue weighted by molar-refractivity contribution is 6.35. The van der Waals surface area contributed by atoms with Gasteiger partial charge in [0, 0.05) is 32.4 Å². The molecule has 0 amide bonds. The minimum atomic E-state index is 0.261. The van der Waals surface area contributed by atoms with E-state index in [1.807, 2.05) is 42.5 Å². The van der Waals surface area contributed by atoms with Crippen molar-refractivity contribution >= 4 is 46.0 Å². The van der Waals surface area contributed by atoms with E-state index in [1.54, 1.807) is 23.1 Å². The number of aromatic nitrogens is 3. The maximum Gasteiger partial charge on any atom is 0.181 e. The first-order valence-electron chi connectivity index (χ1n) is 7.78. The van der Waals surface area contributed by atoms with Crippen molar-refractivity contribution in [1.29, 1.82) is 0 Å². The molecule has 0 saturated heterocycles. The van der Waals surface area contributed by atoms with E-state index in [9.17, 15) is 0 Å². The molecule has 0 radical (unpaired) electrons. The molecule has 0 bridgehead atoms. The Morgan fingerprint density at radius 3 is 2.46 bits per heavy atom. The van der Waals surface area contributed by atoms with Crippen molar-refractivity contribution in [2.45, 2.75) is 6.61 Å². The highest BCUT2D eigenvalue weighted by Gasteiger charge is 2.15. The summed E-state index contributed by atoms with van der Waals surface area (Å²) in [6, 6.07) is 16.4. The quantitative estimate of drug-likeness (QED) is 0.439. The van der Waals surface area contributed by atoms with Crippen LogP contribution in [0.2, 0.25) is 15.1 Å². The second-order valence-corrected chi connectivity index (χ2v) is 6.87. The SMILES string of the molecule is Clc1ccc(-c2nc3ncccc3n2OCc2ccc(Cl)cc2Cl)cc1. The number of imidazole rings is 1. The van der Waals surface area contributed by atoms with E-state index in [-0.39, 0.29) is 6.61 Å². The van der Waals surface area contributed by atoms with Crippen LogP contribution < -0.4 is 4.84 Å². The van der Waals surface area contributed by atoms with Crippen molar-refractivity contribution < 1.29 is 4.84 Å². The summed E-state index contributed by atoms with van der Waals surface area (Å²) in [4.78, 5) is 14.9. The Hall–Kier alpha value is -2.27. The highest BCUT2D eigenvalue weighted by atomic mass is 35.5. The molecule has 130 valence electrons. The van der Waals surface area contributed by atoms with Crippen LogP contribution in [0.3, 0.4) is 0 Å². The summed E-state index contributed by atoms with van der Waals surface area (Å²) >= 11 is 18.2. The van der Waals surface area contributed by atoms with Crippen LogP contribution in [0.25, 0.3) is 22.6 Å². The van der Waals surface area contributed by atoms with Crippen molar-refractivity contribution in [1.82, 2.24) is 14.7 Å². The number of benzene rings is 2. The second-order valence-electron chi connectivity index (χ2n) is 5.59. The molecule has 0 N–H and O–H groups in total. The molecular formula is C19H12Cl3N3O. The van der Waals surface area contributed by atoms with Crippen molar-refractivity contribution in [3.05, 3.63) is 81.4 Å². The third-order valence-corrected chi connectivity index (χ3v) is 4.69. The Bertz CT molecular complexity index is 1080. The molecule has 0 aliphatic rings. The van der Waals surface area contributed by atoms with Crippen LogP contribution in [0, 0.1) is 0 Å². The zero-order chi connectivity index (χ0) is 18.1. The number of halogens is 3. The lowest BCUT2D eigenvalue weighted by molar-refractivity contribution is 0.110. The number of pyridine rings is 1. The number of fused-ring (bicyclic) bond motifs is 1. The van der Waals surface area contributed by atoms with E-state index in [2.05, 4.69) is 9.97 Å². The van der Waals surface area contributed by atoms with Crippen LogP contribution >= 0.6 is 34.8 Å². The first-order valence-corrected chi connectivity index (χ1v) is 8.92. The lowest BCUT2D eigenvalue weighted by Crippen LogP contribution is -2.13. The Morgan fingerprint density at radius 2 is 1.69 bits per heavy atom. The topological polar surface area (TPSA) is 39.9 Å². The summed E-state index contributed by atoms with van der Waals surface area (Å²) in [6.45, 7) is 0.261. The lowest BCUT2D eigenvalue weighted by atomic mass is 10.2. The largest absolute Gasteiger partial charge is 0.407 e. The Morgan fingerprint density at radius 1 is 0.923 bits per heavy atom. The fraction of sp³-hybridized carbons (Fsp3) is 0.0526. The Balaban J connectivity index is 1.75. The van der Waals surface area contributed by atoms with Gasteiger partial charge in [0.1, 0.15) is 12.1 Å². The maximum absolute atomic E-state index is 6.25. The van der Waals surface area contributed by atoms with Gasteiger partial charge in [-0.25, -0.2) is 9.97 Å². The first kappa shape index (κ1) is 17.2. The lowest BCUT2D eigenvalue weighted by Gasteiger charge is -2.12. The van der Waals surface area contributed by atoms with Gasteiger partial charge in [-0.3, -0.25) is 0 Å². The van der Waals surface area contributed by atoms with E-state index < -0.39 is 0 Å². The van der Waals surface area contributed by atoms with Gasteiger partial charge in [-0.15, -0.1) is 0 Å². The van der Waals surface area contributed by atoms with Gasteiger partial charge < -0.3 is 4.84 Å². The summed E-state index contributed by atoms with van der Waals surface area (Å²) in [5, 5.41) is 1.79. The third-order valence-electron chi connectivity index (χ3n) is 3.86. The van der Waals surface area contributed by atoms with E-state index in [0.717, 1.165) is 16.6 Å². The van der Waals surface area contributed by atoms with E-state index in [0.29, 0.717) is 26.5 Å². The molecule has 4 nitrogen and oxygen atoms in total. The average Bonchev–Trinajstić information content (AvgIpc) is 3.00. The number of nitrogens with zero attached hydrogens (tertiary/aromatic N) is 3. The molecule has 4 aromatic rings. The van der Waals surface area contributed by atoms with Crippen molar-refractivity contribution in [3.8, 4) is 11.4 Å². The van der Waals surface area contributed by atoms with Gasteiger partial charge >= 0.3 is 0 Å². The van der Waals surface area contributed by atoms with Crippen molar-refractivity contribution in [3.63, 3.8) is 0 Å². The second kappa shape index (κ2) is 7.16. The third kappa shape index (κ3) is 3.36. The molecule has 2 aromatic heterocycles. The molecular weight excluding hydrogens is 393 g/mol. The Kier molecular flexibility index (Phi) is 4.72. The minimum Gasteiger partial charge on any atom is -0.407 e. The molecule has 7 heteroatoms. The summed E-state index contributed by atoms with van der Waals surface area (Å²) in [5.41, 5.74) is 3.06. The van der Waals surface area contributed by atoms with Crippen LogP contribution in [-0.4, -0.2) is 14.7 Å². The van der Waals surface area contributed by atoms with Crippen molar-refractivity contribution in [2.75, 3.05) is 0 Å². The van der Waals surface area contributed by atoms with Gasteiger partial charge in [-0.2, -0.15) is 4.73 Å². The highest BCUT2D eigenvalue weighted by Crippen LogP contribution is 2.26. The fourth-order valence-corrected chi connectivity index (χ4v) is 3.17. The molecule has 0 spiro atoms. The van der Waals surface area contributed by atoms with Gasteiger partial charge in [-0.1, -0.05) is 40.9 Å². The molecule has 0 atom stereocenters. The zero-order valence-electron chi connectivity index (χ0n) is 13.4. The maximum atomic E-state index is 6.25. The molecule has 4 rings (SSSR count). The van der Waals surface area contributed by atoms with Crippen LogP contribution in [0.15, 0.2) is 60.8 Å². The predicted molar refractivity (Wildman–Crippen MR) is 105 cm³/mol. The smallest absolute Gasteiger partial charge is 0.181 e. The fourth-order valence-electron chi connectivity index (χ4n) is 2.58.